The van der Waals surface area contributed by atoms with Gasteiger partial charge in [-0.1, -0.05) is 72.0 Å². The Bertz CT molecular complexity index is 4130. The number of hydrogen-bond acceptors (Lipinski definition) is 17. The fourth-order valence-electron chi connectivity index (χ4n) is 7.41. The molecule has 0 radical (unpaired) electrons. The molecule has 2 aromatic heterocycles. The van der Waals surface area contributed by atoms with Crippen molar-refractivity contribution >= 4 is 119 Å². The van der Waals surface area contributed by atoms with Crippen molar-refractivity contribution in [2.24, 2.45) is 20.5 Å². The van der Waals surface area contributed by atoms with Gasteiger partial charge in [-0.05, 0) is 114 Å². The second-order valence-electron chi connectivity index (χ2n) is 15.8. The molecular weight excluding hydrogens is 1020 g/mol. The molecule has 73 heavy (non-hydrogen) atoms. The first-order chi connectivity index (χ1) is 34.8. The number of fused-ring (bicyclic) bond motifs is 2. The molecule has 0 aliphatic rings. The first-order valence-corrected chi connectivity index (χ1v) is 26.3. The predicted molar refractivity (Wildman–Crippen MR) is 274 cm³/mol. The van der Waals surface area contributed by atoms with Crippen molar-refractivity contribution in [3.05, 3.63) is 168 Å². The minimum Gasteiger partial charge on any atom is -0.339 e. The standard InChI is InChI=1S/C49H34N10O10S4/c1-28-41(27-50)45(51-34-15-19-38(20-16-34)71(61,62)63)55-46(52-35-17-21-39(22-18-35)72(64,65)66)43(28)57-59-49-54-44(33-12-11-29-7-5-6-10-31(29)23-33)48(70-49)58-56-37-24-32-13-14-36(25-40(32)42(26-37)73(67,68)69)53-47(60)30-8-3-2-4-9-30/h2-26H,1H3,(H,53,60)(H2,51,52,55)(H,61,62,63)(H,64,65,66)(H,67,68,69). The van der Waals surface area contributed by atoms with E-state index in [1.807, 2.05) is 42.5 Å². The summed E-state index contributed by atoms with van der Waals surface area (Å²) in [6.45, 7) is 1.57. The fourth-order valence-corrected chi connectivity index (χ4v) is 9.83. The maximum atomic E-state index is 12.9. The second kappa shape index (κ2) is 19.9. The lowest BCUT2D eigenvalue weighted by Crippen LogP contribution is -2.11. The lowest BCUT2D eigenvalue weighted by molar-refractivity contribution is 0.102. The number of nitrogens with one attached hydrogen (secondary N) is 3. The van der Waals surface area contributed by atoms with E-state index in [-0.39, 0.29) is 76.5 Å². The summed E-state index contributed by atoms with van der Waals surface area (Å²) in [5, 5.41) is 39.6. The second-order valence-corrected chi connectivity index (χ2v) is 21.0. The molecule has 0 atom stereocenters. The number of hydrogen-bond donors (Lipinski definition) is 6. The van der Waals surface area contributed by atoms with Crippen molar-refractivity contribution in [1.29, 1.82) is 5.26 Å². The highest BCUT2D eigenvalue weighted by molar-refractivity contribution is 7.86. The van der Waals surface area contributed by atoms with Crippen molar-refractivity contribution in [3.63, 3.8) is 0 Å². The van der Waals surface area contributed by atoms with E-state index >= 15 is 0 Å². The molecule has 0 bridgehead atoms. The van der Waals surface area contributed by atoms with E-state index in [0.29, 0.717) is 22.2 Å². The monoisotopic (exact) mass is 1050 g/mol. The molecule has 20 nitrogen and oxygen atoms in total. The Morgan fingerprint density at radius 1 is 0.603 bits per heavy atom. The smallest absolute Gasteiger partial charge is 0.295 e. The Morgan fingerprint density at radius 2 is 1.21 bits per heavy atom. The van der Waals surface area contributed by atoms with Crippen LogP contribution in [0.15, 0.2) is 187 Å². The van der Waals surface area contributed by atoms with Gasteiger partial charge in [0.05, 0.1) is 21.0 Å². The molecule has 2 heterocycles. The zero-order valence-corrected chi connectivity index (χ0v) is 40.7. The number of aromatic nitrogens is 2. The Morgan fingerprint density at radius 3 is 1.84 bits per heavy atom. The molecule has 0 fully saturated rings. The number of thiazole rings is 1. The molecule has 1 amide bonds. The number of nitriles is 1. The fraction of sp³-hybridized carbons (Fsp3) is 0.0204. The van der Waals surface area contributed by atoms with Crippen molar-refractivity contribution in [2.45, 2.75) is 21.6 Å². The van der Waals surface area contributed by atoms with E-state index in [0.717, 1.165) is 52.4 Å². The molecule has 0 aliphatic heterocycles. The highest BCUT2D eigenvalue weighted by Gasteiger charge is 2.22. The van der Waals surface area contributed by atoms with Gasteiger partial charge in [-0.3, -0.25) is 18.5 Å². The molecule has 0 aliphatic carbocycles. The summed E-state index contributed by atoms with van der Waals surface area (Å²) >= 11 is 0.956. The molecular formula is C49H34N10O10S4. The van der Waals surface area contributed by atoms with Gasteiger partial charge in [0.25, 0.3) is 36.3 Å². The van der Waals surface area contributed by atoms with Crippen molar-refractivity contribution in [3.8, 4) is 17.3 Å². The van der Waals surface area contributed by atoms with Gasteiger partial charge >= 0.3 is 0 Å². The third kappa shape index (κ3) is 11.1. The van der Waals surface area contributed by atoms with Gasteiger partial charge in [0, 0.05) is 39.1 Å². The number of nitrogens with zero attached hydrogens (tertiary/aromatic N) is 7. The van der Waals surface area contributed by atoms with Gasteiger partial charge in [-0.15, -0.1) is 20.5 Å². The van der Waals surface area contributed by atoms with E-state index in [4.69, 9.17) is 4.98 Å². The minimum absolute atomic E-state index is 0.000212. The number of benzene rings is 7. The molecule has 24 heteroatoms. The zero-order valence-electron chi connectivity index (χ0n) is 37.4. The van der Waals surface area contributed by atoms with Crippen LogP contribution in [0.2, 0.25) is 0 Å². The lowest BCUT2D eigenvalue weighted by Gasteiger charge is -2.16. The van der Waals surface area contributed by atoms with E-state index < -0.39 is 41.2 Å². The van der Waals surface area contributed by atoms with E-state index in [1.54, 1.807) is 55.5 Å². The van der Waals surface area contributed by atoms with Crippen LogP contribution in [0.1, 0.15) is 21.5 Å². The number of carbonyl (C=O) groups is 1. The average molecular weight is 1050 g/mol. The van der Waals surface area contributed by atoms with Gasteiger partial charge in [-0.25, -0.2) is 9.97 Å². The van der Waals surface area contributed by atoms with Gasteiger partial charge in [0.1, 0.15) is 22.3 Å². The zero-order chi connectivity index (χ0) is 51.7. The largest absolute Gasteiger partial charge is 0.339 e. The first kappa shape index (κ1) is 49.3. The molecule has 0 saturated heterocycles. The Hall–Kier alpha value is -8.67. The molecule has 0 spiro atoms. The summed E-state index contributed by atoms with van der Waals surface area (Å²) < 4.78 is 102. The Labute approximate surface area is 419 Å². The summed E-state index contributed by atoms with van der Waals surface area (Å²) in [5.41, 5.74) is 2.46. The topological polar surface area (TPSA) is 315 Å². The van der Waals surface area contributed by atoms with E-state index in [9.17, 15) is 49.0 Å². The first-order valence-electron chi connectivity index (χ1n) is 21.2. The van der Waals surface area contributed by atoms with Crippen LogP contribution in [0.25, 0.3) is 32.8 Å². The average Bonchev–Trinajstić information content (AvgIpc) is 3.78. The predicted octanol–water partition coefficient (Wildman–Crippen LogP) is 12.0. The normalized spacial score (nSPS) is 12.1. The summed E-state index contributed by atoms with van der Waals surface area (Å²) in [6.07, 6.45) is 0. The lowest BCUT2D eigenvalue weighted by atomic mass is 10.1. The van der Waals surface area contributed by atoms with Gasteiger partial charge in [-0.2, -0.15) is 30.5 Å². The van der Waals surface area contributed by atoms with Crippen LogP contribution in [0.5, 0.6) is 0 Å². The van der Waals surface area contributed by atoms with Crippen LogP contribution in [-0.4, -0.2) is 54.8 Å². The number of rotatable bonds is 14. The third-order valence-electron chi connectivity index (χ3n) is 10.9. The molecule has 9 aromatic rings. The molecule has 7 aromatic carbocycles. The van der Waals surface area contributed by atoms with Crippen molar-refractivity contribution in [2.75, 3.05) is 16.0 Å². The van der Waals surface area contributed by atoms with Gasteiger partial charge in [0.15, 0.2) is 16.6 Å². The van der Waals surface area contributed by atoms with Gasteiger partial charge < -0.3 is 16.0 Å². The van der Waals surface area contributed by atoms with E-state index in [2.05, 4.69) is 47.5 Å². The highest BCUT2D eigenvalue weighted by atomic mass is 32.2. The number of pyridine rings is 1. The molecule has 0 unspecified atom stereocenters. The maximum Gasteiger partial charge on any atom is 0.295 e. The number of azo groups is 2. The summed E-state index contributed by atoms with van der Waals surface area (Å²) in [4.78, 5) is 21.0. The number of carbonyl (C=O) groups excluding carboxylic acids is 1. The molecule has 6 N–H and O–H groups in total. The van der Waals surface area contributed by atoms with Crippen molar-refractivity contribution in [1.82, 2.24) is 9.97 Å². The van der Waals surface area contributed by atoms with Crippen LogP contribution < -0.4 is 16.0 Å². The number of anilines is 5. The van der Waals surface area contributed by atoms with Crippen LogP contribution in [-0.2, 0) is 30.4 Å². The van der Waals surface area contributed by atoms with Crippen LogP contribution in [0.3, 0.4) is 0 Å². The quantitative estimate of drug-likeness (QED) is 0.0435. The maximum absolute atomic E-state index is 12.9. The number of amides is 1. The summed E-state index contributed by atoms with van der Waals surface area (Å²) in [7, 11) is -13.9. The SMILES string of the molecule is Cc1c(C#N)c(Nc2ccc(S(=O)(=O)O)cc2)nc(Nc2ccc(S(=O)(=O)O)cc2)c1N=Nc1nc(-c2ccc3ccccc3c2)c(N=Nc2cc(S(=O)(=O)O)c3cc(NC(=O)c4ccccc4)ccc3c2)s1. The van der Waals surface area contributed by atoms with Crippen LogP contribution >= 0.6 is 11.3 Å². The van der Waals surface area contributed by atoms with Crippen LogP contribution in [0, 0.1) is 18.3 Å². The molecule has 9 rings (SSSR count). The highest BCUT2D eigenvalue weighted by Crippen LogP contribution is 2.44. The third-order valence-corrected chi connectivity index (χ3v) is 14.4. The summed E-state index contributed by atoms with van der Waals surface area (Å²) in [6, 6.07) is 41.0. The molecule has 364 valence electrons. The van der Waals surface area contributed by atoms with Gasteiger partial charge in [0.2, 0.25) is 5.13 Å². The minimum atomic E-state index is -4.85. The molecule has 0 saturated carbocycles. The Kier molecular flexibility index (Phi) is 13.4. The summed E-state index contributed by atoms with van der Waals surface area (Å²) in [5.74, 6) is -0.435. The van der Waals surface area contributed by atoms with Crippen LogP contribution in [0.4, 0.5) is 50.2 Å². The van der Waals surface area contributed by atoms with E-state index in [1.165, 1.54) is 30.3 Å². The van der Waals surface area contributed by atoms with Crippen molar-refractivity contribution < 1.29 is 43.7 Å². The Balaban J connectivity index is 1.12.